The Balaban J connectivity index is 2.06. The first-order valence-corrected chi connectivity index (χ1v) is 6.16. The maximum Gasteiger partial charge on any atom is 0.122 e. The van der Waals surface area contributed by atoms with Crippen molar-refractivity contribution in [2.75, 3.05) is 26.8 Å². The van der Waals surface area contributed by atoms with Crippen molar-refractivity contribution in [3.05, 3.63) is 23.7 Å². The molecule has 1 saturated heterocycles. The Kier molecular flexibility index (Phi) is 3.86. The van der Waals surface area contributed by atoms with Gasteiger partial charge in [0.2, 0.25) is 0 Å². The van der Waals surface area contributed by atoms with Gasteiger partial charge in [0.25, 0.3) is 0 Å². The van der Waals surface area contributed by atoms with Crippen LogP contribution in [0.25, 0.3) is 0 Å². The standard InChI is InChI=1S/C13H22N2O2/c1-13(2)10-16-7-5-15(13)9-12-11(8-14-3)4-6-17-12/h4,6,14H,5,7-10H2,1-3H3. The SMILES string of the molecule is CNCc1ccoc1CN1CCOCC1(C)C. The minimum Gasteiger partial charge on any atom is -0.468 e. The Labute approximate surface area is 103 Å². The van der Waals surface area contributed by atoms with Crippen LogP contribution in [0.5, 0.6) is 0 Å². The van der Waals surface area contributed by atoms with Crippen LogP contribution >= 0.6 is 0 Å². The largest absolute Gasteiger partial charge is 0.468 e. The molecule has 96 valence electrons. The average Bonchev–Trinajstić information content (AvgIpc) is 2.70. The van der Waals surface area contributed by atoms with Crippen LogP contribution in [0.2, 0.25) is 0 Å². The summed E-state index contributed by atoms with van der Waals surface area (Å²) in [4.78, 5) is 2.43. The minimum absolute atomic E-state index is 0.0853. The quantitative estimate of drug-likeness (QED) is 0.865. The van der Waals surface area contributed by atoms with Crippen LogP contribution in [0.15, 0.2) is 16.7 Å². The van der Waals surface area contributed by atoms with Crippen molar-refractivity contribution in [1.29, 1.82) is 0 Å². The van der Waals surface area contributed by atoms with Crippen molar-refractivity contribution in [2.45, 2.75) is 32.5 Å². The van der Waals surface area contributed by atoms with Crippen LogP contribution < -0.4 is 5.32 Å². The van der Waals surface area contributed by atoms with Gasteiger partial charge >= 0.3 is 0 Å². The van der Waals surface area contributed by atoms with Crippen LogP contribution in [-0.4, -0.2) is 37.2 Å². The summed E-state index contributed by atoms with van der Waals surface area (Å²) in [6.45, 7) is 8.71. The molecule has 17 heavy (non-hydrogen) atoms. The second-order valence-electron chi connectivity index (χ2n) is 5.19. The van der Waals surface area contributed by atoms with E-state index in [1.54, 1.807) is 6.26 Å². The highest BCUT2D eigenvalue weighted by atomic mass is 16.5. The molecule has 0 amide bonds. The molecule has 1 aliphatic rings. The number of hydrogen-bond donors (Lipinski definition) is 1. The summed E-state index contributed by atoms with van der Waals surface area (Å²) in [5.74, 6) is 1.06. The zero-order valence-corrected chi connectivity index (χ0v) is 11.0. The normalized spacial score (nSPS) is 20.6. The molecule has 0 saturated carbocycles. The number of nitrogens with zero attached hydrogens (tertiary/aromatic N) is 1. The molecule has 0 atom stereocenters. The zero-order chi connectivity index (χ0) is 12.3. The molecule has 1 aromatic rings. The molecule has 1 fully saturated rings. The van der Waals surface area contributed by atoms with E-state index in [2.05, 4.69) is 24.1 Å². The first-order valence-electron chi connectivity index (χ1n) is 6.16. The second kappa shape index (κ2) is 5.21. The lowest BCUT2D eigenvalue weighted by atomic mass is 10.0. The third-order valence-electron chi connectivity index (χ3n) is 3.36. The van der Waals surface area contributed by atoms with Gasteiger partial charge in [-0.2, -0.15) is 0 Å². The Morgan fingerprint density at radius 2 is 2.29 bits per heavy atom. The topological polar surface area (TPSA) is 37.6 Å². The van der Waals surface area contributed by atoms with Gasteiger partial charge in [-0.3, -0.25) is 4.90 Å². The van der Waals surface area contributed by atoms with E-state index in [9.17, 15) is 0 Å². The van der Waals surface area contributed by atoms with Crippen LogP contribution in [0.3, 0.4) is 0 Å². The molecule has 0 unspecified atom stereocenters. The molecule has 2 rings (SSSR count). The molecule has 1 aromatic heterocycles. The number of furan rings is 1. The molecule has 0 aliphatic carbocycles. The van der Waals surface area contributed by atoms with Crippen molar-refractivity contribution in [3.63, 3.8) is 0 Å². The fourth-order valence-electron chi connectivity index (χ4n) is 2.21. The highest BCUT2D eigenvalue weighted by Gasteiger charge is 2.31. The lowest BCUT2D eigenvalue weighted by Gasteiger charge is -2.41. The molecule has 0 spiro atoms. The summed E-state index contributed by atoms with van der Waals surface area (Å²) in [5, 5.41) is 3.17. The fourth-order valence-corrected chi connectivity index (χ4v) is 2.21. The summed E-state index contributed by atoms with van der Waals surface area (Å²) in [5.41, 5.74) is 1.33. The van der Waals surface area contributed by atoms with E-state index in [1.165, 1.54) is 5.56 Å². The molecule has 4 heteroatoms. The van der Waals surface area contributed by atoms with Crippen molar-refractivity contribution < 1.29 is 9.15 Å². The van der Waals surface area contributed by atoms with Crippen LogP contribution in [0, 0.1) is 0 Å². The van der Waals surface area contributed by atoms with Gasteiger partial charge in [-0.15, -0.1) is 0 Å². The van der Waals surface area contributed by atoms with Crippen LogP contribution in [0.1, 0.15) is 25.2 Å². The molecule has 0 bridgehead atoms. The van der Waals surface area contributed by atoms with Gasteiger partial charge in [0.15, 0.2) is 0 Å². The minimum atomic E-state index is 0.0853. The number of ether oxygens (including phenoxy) is 1. The maximum atomic E-state index is 5.59. The molecule has 1 N–H and O–H groups in total. The molecule has 0 aromatic carbocycles. The number of rotatable bonds is 4. The van der Waals surface area contributed by atoms with Gasteiger partial charge in [-0.25, -0.2) is 0 Å². The smallest absolute Gasteiger partial charge is 0.122 e. The zero-order valence-electron chi connectivity index (χ0n) is 11.0. The van der Waals surface area contributed by atoms with E-state index in [4.69, 9.17) is 9.15 Å². The highest BCUT2D eigenvalue weighted by molar-refractivity contribution is 5.17. The number of morpholine rings is 1. The second-order valence-corrected chi connectivity index (χ2v) is 5.19. The van der Waals surface area contributed by atoms with Gasteiger partial charge in [0.05, 0.1) is 26.0 Å². The lowest BCUT2D eigenvalue weighted by Crippen LogP contribution is -2.52. The maximum absolute atomic E-state index is 5.59. The lowest BCUT2D eigenvalue weighted by molar-refractivity contribution is -0.0578. The third-order valence-corrected chi connectivity index (χ3v) is 3.36. The number of hydrogen-bond acceptors (Lipinski definition) is 4. The van der Waals surface area contributed by atoms with Crippen LogP contribution in [0.4, 0.5) is 0 Å². The molecular weight excluding hydrogens is 216 g/mol. The molecule has 0 radical (unpaired) electrons. The highest BCUT2D eigenvalue weighted by Crippen LogP contribution is 2.23. The average molecular weight is 238 g/mol. The van der Waals surface area contributed by atoms with Gasteiger partial charge in [-0.1, -0.05) is 0 Å². The van der Waals surface area contributed by atoms with E-state index in [0.29, 0.717) is 0 Å². The Morgan fingerprint density at radius 3 is 3.00 bits per heavy atom. The Morgan fingerprint density at radius 1 is 1.47 bits per heavy atom. The summed E-state index contributed by atoms with van der Waals surface area (Å²) in [7, 11) is 1.95. The van der Waals surface area contributed by atoms with E-state index >= 15 is 0 Å². The first kappa shape index (κ1) is 12.6. The Hall–Kier alpha value is -0.840. The molecule has 1 aliphatic heterocycles. The van der Waals surface area contributed by atoms with Crippen molar-refractivity contribution in [3.8, 4) is 0 Å². The van der Waals surface area contributed by atoms with E-state index in [-0.39, 0.29) is 5.54 Å². The first-order chi connectivity index (χ1) is 8.13. The number of nitrogens with one attached hydrogen (secondary N) is 1. The van der Waals surface area contributed by atoms with E-state index in [1.807, 2.05) is 13.1 Å². The van der Waals surface area contributed by atoms with Crippen molar-refractivity contribution in [2.24, 2.45) is 0 Å². The molecule has 2 heterocycles. The van der Waals surface area contributed by atoms with Gasteiger partial charge in [0, 0.05) is 24.2 Å². The van der Waals surface area contributed by atoms with Crippen molar-refractivity contribution in [1.82, 2.24) is 10.2 Å². The summed E-state index contributed by atoms with van der Waals surface area (Å²) >= 11 is 0. The van der Waals surface area contributed by atoms with E-state index in [0.717, 1.165) is 38.6 Å². The Bertz CT molecular complexity index is 360. The predicted molar refractivity (Wildman–Crippen MR) is 66.8 cm³/mol. The summed E-state index contributed by atoms with van der Waals surface area (Å²) < 4.78 is 11.1. The predicted octanol–water partition coefficient (Wildman–Crippen LogP) is 1.61. The van der Waals surface area contributed by atoms with Gasteiger partial charge in [-0.05, 0) is 27.0 Å². The summed E-state index contributed by atoms with van der Waals surface area (Å²) in [6, 6.07) is 2.04. The summed E-state index contributed by atoms with van der Waals surface area (Å²) in [6.07, 6.45) is 1.77. The van der Waals surface area contributed by atoms with Crippen molar-refractivity contribution >= 4 is 0 Å². The fraction of sp³-hybridized carbons (Fsp3) is 0.692. The molecular formula is C13H22N2O2. The molecule has 4 nitrogen and oxygen atoms in total. The van der Waals surface area contributed by atoms with Gasteiger partial charge in [0.1, 0.15) is 5.76 Å². The monoisotopic (exact) mass is 238 g/mol. The van der Waals surface area contributed by atoms with Gasteiger partial charge < -0.3 is 14.5 Å². The van der Waals surface area contributed by atoms with E-state index < -0.39 is 0 Å². The third kappa shape index (κ3) is 2.89. The van der Waals surface area contributed by atoms with Crippen LogP contribution in [-0.2, 0) is 17.8 Å².